The summed E-state index contributed by atoms with van der Waals surface area (Å²) in [6.07, 6.45) is 3.30. The molecule has 0 N–H and O–H groups in total. The molecule has 1 aromatic carbocycles. The average molecular weight is 381 g/mol. The second-order valence-corrected chi connectivity index (χ2v) is 6.54. The Kier molecular flexibility index (Phi) is 7.93. The number of hydrogen-bond acceptors (Lipinski definition) is 7. The molecular weight excluding hydrogens is 354 g/mol. The fourth-order valence-electron chi connectivity index (χ4n) is 3.08. The van der Waals surface area contributed by atoms with Crippen LogP contribution >= 0.6 is 0 Å². The van der Waals surface area contributed by atoms with E-state index in [2.05, 4.69) is 0 Å². The van der Waals surface area contributed by atoms with E-state index >= 15 is 0 Å². The Morgan fingerprint density at radius 3 is 1.89 bits per heavy atom. The molecule has 27 heavy (non-hydrogen) atoms. The number of nitro benzene ring substituents is 2. The summed E-state index contributed by atoms with van der Waals surface area (Å²) in [5.74, 6) is 0. The molecule has 0 saturated carbocycles. The fraction of sp³-hybridized carbons (Fsp3) is 0.667. The van der Waals surface area contributed by atoms with Crippen LogP contribution in [0.25, 0.3) is 0 Å². The molecule has 9 nitrogen and oxygen atoms in total. The van der Waals surface area contributed by atoms with Crippen molar-refractivity contribution in [2.45, 2.75) is 52.2 Å². The highest BCUT2D eigenvalue weighted by Crippen LogP contribution is 2.41. The molecule has 2 rings (SSSR count). The van der Waals surface area contributed by atoms with Gasteiger partial charge in [-0.2, -0.15) is 0 Å². The van der Waals surface area contributed by atoms with Crippen LogP contribution in [0.2, 0.25) is 0 Å². The molecule has 0 unspecified atom stereocenters. The van der Waals surface area contributed by atoms with Crippen LogP contribution in [0.4, 0.5) is 17.1 Å². The van der Waals surface area contributed by atoms with Crippen molar-refractivity contribution in [1.82, 2.24) is 0 Å². The molecule has 1 fully saturated rings. The van der Waals surface area contributed by atoms with Crippen LogP contribution in [-0.4, -0.2) is 36.1 Å². The molecule has 0 atom stereocenters. The van der Waals surface area contributed by atoms with Crippen LogP contribution in [0, 0.1) is 20.2 Å². The van der Waals surface area contributed by atoms with Gasteiger partial charge in [-0.15, -0.1) is 0 Å². The van der Waals surface area contributed by atoms with Crippen molar-refractivity contribution in [3.63, 3.8) is 0 Å². The highest BCUT2D eigenvalue weighted by Gasteiger charge is 2.33. The largest absolute Gasteiger partial charge is 0.360 e. The maximum absolute atomic E-state index is 11.8. The lowest BCUT2D eigenvalue weighted by molar-refractivity contribution is -0.393. The van der Waals surface area contributed by atoms with E-state index in [9.17, 15) is 20.2 Å². The smallest absolute Gasteiger partial charge is 0.300 e. The molecule has 150 valence electrons. The van der Waals surface area contributed by atoms with Gasteiger partial charge in [0.2, 0.25) is 0 Å². The molecule has 1 aromatic rings. The van der Waals surface area contributed by atoms with Crippen LogP contribution in [0.3, 0.4) is 0 Å². The normalized spacial score (nSPS) is 14.9. The van der Waals surface area contributed by atoms with Gasteiger partial charge in [0.1, 0.15) is 0 Å². The first-order chi connectivity index (χ1) is 13.0. The van der Waals surface area contributed by atoms with Gasteiger partial charge in [-0.3, -0.25) is 20.2 Å². The van der Waals surface area contributed by atoms with Crippen LogP contribution in [0.15, 0.2) is 12.1 Å². The number of unbranched alkanes of at least 4 members (excludes halogenated alkanes) is 2. The lowest BCUT2D eigenvalue weighted by atomic mass is 10.1. The first-order valence-electron chi connectivity index (χ1n) is 9.44. The van der Waals surface area contributed by atoms with E-state index in [0.717, 1.165) is 32.1 Å². The third-order valence-corrected chi connectivity index (χ3v) is 4.46. The number of nitro groups is 2. The number of rotatable bonds is 10. The maximum Gasteiger partial charge on any atom is 0.300 e. The minimum Gasteiger partial charge on any atom is -0.360 e. The summed E-state index contributed by atoms with van der Waals surface area (Å²) >= 11 is 0. The molecule has 0 aromatic heterocycles. The van der Waals surface area contributed by atoms with E-state index in [0.29, 0.717) is 31.9 Å². The quantitative estimate of drug-likeness (QED) is 0.438. The summed E-state index contributed by atoms with van der Waals surface area (Å²) < 4.78 is 11.0. The number of nitrogens with zero attached hydrogens (tertiary/aromatic N) is 3. The van der Waals surface area contributed by atoms with Gasteiger partial charge >= 0.3 is 0 Å². The van der Waals surface area contributed by atoms with Gasteiger partial charge in [-0.05, 0) is 19.3 Å². The third kappa shape index (κ3) is 5.36. The summed E-state index contributed by atoms with van der Waals surface area (Å²) in [7, 11) is 0. The van der Waals surface area contributed by atoms with Crippen molar-refractivity contribution in [2.75, 3.05) is 31.2 Å². The van der Waals surface area contributed by atoms with Crippen molar-refractivity contribution in [1.29, 1.82) is 0 Å². The number of anilines is 1. The standard InChI is InChI=1S/C18H27N3O6/c1-3-5-8-19(9-6-4-2)17-15(20(22)23)12-14(13-16(17)21(24)25)18-26-10-7-11-27-18/h12-13,18H,3-11H2,1-2H3. The zero-order valence-corrected chi connectivity index (χ0v) is 15.9. The van der Waals surface area contributed by atoms with Crippen molar-refractivity contribution < 1.29 is 19.3 Å². The van der Waals surface area contributed by atoms with Crippen LogP contribution in [0.1, 0.15) is 57.8 Å². The molecule has 0 radical (unpaired) electrons. The summed E-state index contributed by atoms with van der Waals surface area (Å²) in [5, 5.41) is 23.5. The van der Waals surface area contributed by atoms with Gasteiger partial charge < -0.3 is 14.4 Å². The molecule has 0 amide bonds. The molecule has 1 aliphatic heterocycles. The molecular formula is C18H27N3O6. The Labute approximate surface area is 158 Å². The highest BCUT2D eigenvalue weighted by molar-refractivity contribution is 5.76. The molecule has 1 heterocycles. The SMILES string of the molecule is CCCCN(CCCC)c1c([N+](=O)[O-])cc(C2OCCCO2)cc1[N+](=O)[O-]. The van der Waals surface area contributed by atoms with Gasteiger partial charge in [-0.1, -0.05) is 26.7 Å². The summed E-state index contributed by atoms with van der Waals surface area (Å²) in [6.45, 7) is 6.01. The molecule has 9 heteroatoms. The van der Waals surface area contributed by atoms with E-state index in [-0.39, 0.29) is 17.1 Å². The van der Waals surface area contributed by atoms with Gasteiger partial charge in [0.25, 0.3) is 11.4 Å². The summed E-state index contributed by atoms with van der Waals surface area (Å²) in [6, 6.07) is 2.70. The Morgan fingerprint density at radius 2 is 1.48 bits per heavy atom. The highest BCUT2D eigenvalue weighted by atomic mass is 16.7. The Hall–Kier alpha value is -2.26. The number of ether oxygens (including phenoxy) is 2. The zero-order chi connectivity index (χ0) is 19.8. The molecule has 0 spiro atoms. The number of benzene rings is 1. The predicted molar refractivity (Wildman–Crippen MR) is 101 cm³/mol. The first kappa shape index (κ1) is 21.0. The van der Waals surface area contributed by atoms with E-state index < -0.39 is 16.1 Å². The minimum absolute atomic E-state index is 0.0754. The van der Waals surface area contributed by atoms with Crippen molar-refractivity contribution in [3.8, 4) is 0 Å². The van der Waals surface area contributed by atoms with Crippen LogP contribution in [-0.2, 0) is 9.47 Å². The maximum atomic E-state index is 11.8. The topological polar surface area (TPSA) is 108 Å². The lowest BCUT2D eigenvalue weighted by Gasteiger charge is -2.26. The Morgan fingerprint density at radius 1 is 1.00 bits per heavy atom. The van der Waals surface area contributed by atoms with Crippen LogP contribution < -0.4 is 4.90 Å². The zero-order valence-electron chi connectivity index (χ0n) is 15.9. The summed E-state index contributed by atoms with van der Waals surface area (Å²) in [5.41, 5.74) is -0.164. The van der Waals surface area contributed by atoms with Gasteiger partial charge in [0.05, 0.1) is 23.1 Å². The number of hydrogen-bond donors (Lipinski definition) is 0. The second-order valence-electron chi connectivity index (χ2n) is 6.54. The van der Waals surface area contributed by atoms with Crippen LogP contribution in [0.5, 0.6) is 0 Å². The van der Waals surface area contributed by atoms with E-state index in [4.69, 9.17) is 9.47 Å². The fourth-order valence-corrected chi connectivity index (χ4v) is 3.08. The van der Waals surface area contributed by atoms with Gasteiger partial charge in [-0.25, -0.2) is 0 Å². The van der Waals surface area contributed by atoms with Crippen molar-refractivity contribution in [3.05, 3.63) is 37.9 Å². The average Bonchev–Trinajstić information content (AvgIpc) is 2.68. The van der Waals surface area contributed by atoms with E-state index in [1.54, 1.807) is 4.90 Å². The van der Waals surface area contributed by atoms with Gasteiger partial charge in [0.15, 0.2) is 12.0 Å². The van der Waals surface area contributed by atoms with E-state index in [1.165, 1.54) is 12.1 Å². The monoisotopic (exact) mass is 381 g/mol. The minimum atomic E-state index is -0.815. The molecule has 1 saturated heterocycles. The second kappa shape index (κ2) is 10.2. The van der Waals surface area contributed by atoms with Crippen molar-refractivity contribution >= 4 is 17.1 Å². The third-order valence-electron chi connectivity index (χ3n) is 4.46. The lowest BCUT2D eigenvalue weighted by Crippen LogP contribution is -2.27. The Bertz CT molecular complexity index is 617. The Balaban J connectivity index is 2.54. The molecule has 1 aliphatic rings. The molecule has 0 bridgehead atoms. The first-order valence-corrected chi connectivity index (χ1v) is 9.44. The molecule has 0 aliphatic carbocycles. The van der Waals surface area contributed by atoms with Gasteiger partial charge in [0, 0.05) is 30.8 Å². The van der Waals surface area contributed by atoms with Crippen molar-refractivity contribution in [2.24, 2.45) is 0 Å². The van der Waals surface area contributed by atoms with E-state index in [1.807, 2.05) is 13.8 Å². The summed E-state index contributed by atoms with van der Waals surface area (Å²) in [4.78, 5) is 24.2. The predicted octanol–water partition coefficient (Wildman–Crippen LogP) is 4.35.